The van der Waals surface area contributed by atoms with E-state index in [9.17, 15) is 18.0 Å². The lowest BCUT2D eigenvalue weighted by molar-refractivity contribution is -0.137. The molecule has 2 N–H and O–H groups in total. The monoisotopic (exact) mass is 467 g/mol. The SMILES string of the molecule is CC(C)C(N)CCN(C)C(=O)c1ccc(Oc2ccc(C(F)(F)F)cn2)cc1.Cl.Cl. The first kappa shape index (κ1) is 28.0. The Morgan fingerprint density at radius 2 is 1.73 bits per heavy atom. The Morgan fingerprint density at radius 1 is 1.13 bits per heavy atom. The largest absolute Gasteiger partial charge is 0.439 e. The van der Waals surface area contributed by atoms with Gasteiger partial charge >= 0.3 is 6.18 Å². The molecule has 0 spiro atoms. The molecule has 1 aromatic heterocycles. The summed E-state index contributed by atoms with van der Waals surface area (Å²) >= 11 is 0. The van der Waals surface area contributed by atoms with Crippen LogP contribution in [0.2, 0.25) is 0 Å². The molecule has 10 heteroatoms. The number of benzene rings is 1. The Hall–Kier alpha value is -2.03. The molecular weight excluding hydrogens is 442 g/mol. The minimum atomic E-state index is -4.45. The molecule has 1 atom stereocenters. The quantitative estimate of drug-likeness (QED) is 0.608. The van der Waals surface area contributed by atoms with Crippen LogP contribution in [0.25, 0.3) is 0 Å². The van der Waals surface area contributed by atoms with Crippen LogP contribution in [0.3, 0.4) is 0 Å². The molecule has 5 nitrogen and oxygen atoms in total. The fraction of sp³-hybridized carbons (Fsp3) is 0.400. The molecule has 1 unspecified atom stereocenters. The smallest absolute Gasteiger partial charge is 0.417 e. The molecule has 0 aliphatic rings. The van der Waals surface area contributed by atoms with E-state index in [0.717, 1.165) is 12.1 Å². The number of pyridine rings is 1. The van der Waals surface area contributed by atoms with Crippen LogP contribution >= 0.6 is 24.8 Å². The Balaban J connectivity index is 0.00000420. The molecule has 0 saturated heterocycles. The Morgan fingerprint density at radius 3 is 2.20 bits per heavy atom. The van der Waals surface area contributed by atoms with Crippen LogP contribution in [0.15, 0.2) is 42.6 Å². The highest BCUT2D eigenvalue weighted by Gasteiger charge is 2.30. The summed E-state index contributed by atoms with van der Waals surface area (Å²) in [6.45, 7) is 4.62. The van der Waals surface area contributed by atoms with Crippen LogP contribution in [-0.2, 0) is 6.18 Å². The van der Waals surface area contributed by atoms with E-state index in [0.29, 0.717) is 36.4 Å². The predicted molar refractivity (Wildman–Crippen MR) is 115 cm³/mol. The lowest BCUT2D eigenvalue weighted by Crippen LogP contribution is -2.34. The van der Waals surface area contributed by atoms with Gasteiger partial charge in [0.1, 0.15) is 5.75 Å². The molecule has 168 valence electrons. The molecule has 2 rings (SSSR count). The number of halogens is 5. The third-order valence-electron chi connectivity index (χ3n) is 4.39. The summed E-state index contributed by atoms with van der Waals surface area (Å²) in [7, 11) is 1.71. The van der Waals surface area contributed by atoms with E-state index in [2.05, 4.69) is 4.98 Å². The van der Waals surface area contributed by atoms with Crippen molar-refractivity contribution in [3.8, 4) is 11.6 Å². The number of amides is 1. The highest BCUT2D eigenvalue weighted by Crippen LogP contribution is 2.30. The topological polar surface area (TPSA) is 68.5 Å². The zero-order valence-corrected chi connectivity index (χ0v) is 18.5. The molecule has 0 saturated carbocycles. The zero-order valence-electron chi connectivity index (χ0n) is 16.8. The van der Waals surface area contributed by atoms with Crippen molar-refractivity contribution in [2.75, 3.05) is 13.6 Å². The van der Waals surface area contributed by atoms with E-state index in [1.54, 1.807) is 36.2 Å². The van der Waals surface area contributed by atoms with Gasteiger partial charge in [-0.05, 0) is 42.7 Å². The minimum Gasteiger partial charge on any atom is -0.439 e. The summed E-state index contributed by atoms with van der Waals surface area (Å²) in [5.41, 5.74) is 5.64. The molecule has 1 aromatic carbocycles. The van der Waals surface area contributed by atoms with Gasteiger partial charge < -0.3 is 15.4 Å². The van der Waals surface area contributed by atoms with Gasteiger partial charge in [0, 0.05) is 37.5 Å². The first-order valence-corrected chi connectivity index (χ1v) is 8.90. The number of ether oxygens (including phenoxy) is 1. The fourth-order valence-electron chi connectivity index (χ4n) is 2.39. The highest BCUT2D eigenvalue weighted by atomic mass is 35.5. The second-order valence-electron chi connectivity index (χ2n) is 6.93. The molecule has 0 aliphatic carbocycles. The van der Waals surface area contributed by atoms with Crippen molar-refractivity contribution < 1.29 is 22.7 Å². The van der Waals surface area contributed by atoms with Gasteiger partial charge in [-0.2, -0.15) is 13.2 Å². The van der Waals surface area contributed by atoms with Gasteiger partial charge in [-0.3, -0.25) is 4.79 Å². The number of aromatic nitrogens is 1. The van der Waals surface area contributed by atoms with E-state index in [1.807, 2.05) is 13.8 Å². The normalized spacial score (nSPS) is 11.9. The average molecular weight is 468 g/mol. The van der Waals surface area contributed by atoms with Gasteiger partial charge in [0.25, 0.3) is 5.91 Å². The molecule has 0 bridgehead atoms. The number of alkyl halides is 3. The van der Waals surface area contributed by atoms with Crippen molar-refractivity contribution in [1.29, 1.82) is 0 Å². The Labute approximate surface area is 186 Å². The van der Waals surface area contributed by atoms with Crippen molar-refractivity contribution in [3.05, 3.63) is 53.7 Å². The van der Waals surface area contributed by atoms with Crippen LogP contribution in [0.4, 0.5) is 13.2 Å². The van der Waals surface area contributed by atoms with Crippen molar-refractivity contribution in [1.82, 2.24) is 9.88 Å². The number of nitrogens with zero attached hydrogens (tertiary/aromatic N) is 2. The summed E-state index contributed by atoms with van der Waals surface area (Å²) in [4.78, 5) is 17.7. The van der Waals surface area contributed by atoms with Gasteiger partial charge in [-0.25, -0.2) is 4.98 Å². The molecule has 1 amide bonds. The first-order chi connectivity index (χ1) is 13.1. The second kappa shape index (κ2) is 12.0. The second-order valence-corrected chi connectivity index (χ2v) is 6.93. The predicted octanol–water partition coefficient (Wildman–Crippen LogP) is 5.18. The van der Waals surface area contributed by atoms with Crippen LogP contribution in [0.5, 0.6) is 11.6 Å². The average Bonchev–Trinajstić information content (AvgIpc) is 2.65. The Kier molecular flexibility index (Phi) is 11.2. The van der Waals surface area contributed by atoms with Gasteiger partial charge in [-0.15, -0.1) is 24.8 Å². The van der Waals surface area contributed by atoms with Crippen LogP contribution < -0.4 is 10.5 Å². The standard InChI is InChI=1S/C20H24F3N3O2.2ClH/c1-13(2)17(24)10-11-26(3)19(27)14-4-7-16(8-5-14)28-18-9-6-15(12-25-18)20(21,22)23;;/h4-9,12-13,17H,10-11,24H2,1-3H3;2*1H. The number of hydrogen-bond donors (Lipinski definition) is 1. The minimum absolute atomic E-state index is 0. The van der Waals surface area contributed by atoms with Crippen LogP contribution in [0.1, 0.15) is 36.2 Å². The van der Waals surface area contributed by atoms with Crippen LogP contribution in [0, 0.1) is 5.92 Å². The van der Waals surface area contributed by atoms with E-state index in [1.165, 1.54) is 0 Å². The maximum atomic E-state index is 12.5. The molecule has 1 heterocycles. The van der Waals surface area contributed by atoms with Gasteiger partial charge in [0.2, 0.25) is 5.88 Å². The maximum Gasteiger partial charge on any atom is 0.417 e. The van der Waals surface area contributed by atoms with Crippen molar-refractivity contribution in [3.63, 3.8) is 0 Å². The van der Waals surface area contributed by atoms with E-state index < -0.39 is 11.7 Å². The number of carbonyl (C=O) groups excluding carboxylic acids is 1. The zero-order chi connectivity index (χ0) is 20.9. The molecule has 30 heavy (non-hydrogen) atoms. The van der Waals surface area contributed by atoms with E-state index >= 15 is 0 Å². The summed E-state index contributed by atoms with van der Waals surface area (Å²) in [5.74, 6) is 0.606. The fourth-order valence-corrected chi connectivity index (χ4v) is 2.39. The third-order valence-corrected chi connectivity index (χ3v) is 4.39. The third kappa shape index (κ3) is 8.01. The van der Waals surface area contributed by atoms with E-state index in [-0.39, 0.29) is 42.6 Å². The number of hydrogen-bond acceptors (Lipinski definition) is 4. The number of rotatable bonds is 7. The molecule has 0 radical (unpaired) electrons. The molecule has 0 fully saturated rings. The van der Waals surface area contributed by atoms with Gasteiger partial charge in [-0.1, -0.05) is 13.8 Å². The summed E-state index contributed by atoms with van der Waals surface area (Å²) in [6.07, 6.45) is -3.02. The van der Waals surface area contributed by atoms with Crippen molar-refractivity contribution in [2.45, 2.75) is 32.5 Å². The highest BCUT2D eigenvalue weighted by molar-refractivity contribution is 5.94. The number of carbonyl (C=O) groups is 1. The Bertz CT molecular complexity index is 785. The summed E-state index contributed by atoms with van der Waals surface area (Å²) in [6, 6.07) is 8.41. The van der Waals surface area contributed by atoms with Gasteiger partial charge in [0.05, 0.1) is 5.56 Å². The number of nitrogens with two attached hydrogens (primary N) is 1. The van der Waals surface area contributed by atoms with Gasteiger partial charge in [0.15, 0.2) is 0 Å². The molecule has 2 aromatic rings. The molecule has 0 aliphatic heterocycles. The lowest BCUT2D eigenvalue weighted by atomic mass is 10.0. The molecular formula is C20H26Cl2F3N3O2. The van der Waals surface area contributed by atoms with Crippen molar-refractivity contribution >= 4 is 30.7 Å². The van der Waals surface area contributed by atoms with Crippen LogP contribution in [-0.4, -0.2) is 35.4 Å². The lowest BCUT2D eigenvalue weighted by Gasteiger charge is -2.21. The maximum absolute atomic E-state index is 12.5. The van der Waals surface area contributed by atoms with E-state index in [4.69, 9.17) is 10.5 Å². The summed E-state index contributed by atoms with van der Waals surface area (Å²) < 4.78 is 43.1. The summed E-state index contributed by atoms with van der Waals surface area (Å²) in [5, 5.41) is 0. The first-order valence-electron chi connectivity index (χ1n) is 8.90. The van der Waals surface area contributed by atoms with Crippen molar-refractivity contribution in [2.24, 2.45) is 11.7 Å².